The van der Waals surface area contributed by atoms with Crippen LogP contribution >= 0.6 is 11.3 Å². The lowest BCUT2D eigenvalue weighted by Gasteiger charge is -2.44. The van der Waals surface area contributed by atoms with E-state index in [0.717, 1.165) is 55.2 Å². The third-order valence-electron chi connectivity index (χ3n) is 10.0. The number of hydrogen-bond donors (Lipinski definition) is 0. The number of Topliss-reactive ketones (excluding diaryl/α,β-unsaturated/α-hetero) is 2. The third kappa shape index (κ3) is 3.66. The number of ketones is 2. The van der Waals surface area contributed by atoms with Crippen molar-refractivity contribution >= 4 is 45.4 Å². The zero-order valence-corrected chi connectivity index (χ0v) is 27.1. The SMILES string of the molecule is Cc1cc(C)c(N2c3cc(F)c(F)cc3C3(c4ccccc4-c4ccccc43)c3cc(C=C4C(=O)c5ccccc5C4=O)sc32)c(C)c1. The largest absolute Gasteiger partial charge is 0.301 e. The summed E-state index contributed by atoms with van der Waals surface area (Å²) < 4.78 is 31.1. The standard InChI is InChI=1S/C42H27F2NO2S/c1-22-16-23(2)38(24(3)17-22)45-37-21-36(44)35(43)20-33(37)42(31-14-8-6-10-26(31)27-11-7-9-15-32(27)42)34-19-25(48-41(34)45)18-30-39(46)28-12-4-5-13-29(28)40(30)47/h4-21H,1-3H3. The van der Waals surface area contributed by atoms with Crippen LogP contribution in [0, 0.1) is 32.4 Å². The monoisotopic (exact) mass is 647 g/mol. The number of benzene rings is 5. The van der Waals surface area contributed by atoms with Gasteiger partial charge >= 0.3 is 0 Å². The summed E-state index contributed by atoms with van der Waals surface area (Å²) in [5, 5.41) is 0.817. The van der Waals surface area contributed by atoms with Gasteiger partial charge in [0, 0.05) is 27.6 Å². The van der Waals surface area contributed by atoms with Crippen molar-refractivity contribution in [2.75, 3.05) is 4.90 Å². The minimum atomic E-state index is -0.991. The number of nitrogens with zero attached hydrogens (tertiary/aromatic N) is 1. The lowest BCUT2D eigenvalue weighted by atomic mass is 9.65. The molecule has 3 nitrogen and oxygen atoms in total. The molecule has 0 bridgehead atoms. The van der Waals surface area contributed by atoms with Crippen molar-refractivity contribution in [2.24, 2.45) is 0 Å². The Kier molecular flexibility index (Phi) is 6.00. The molecule has 1 spiro atoms. The summed E-state index contributed by atoms with van der Waals surface area (Å²) in [7, 11) is 0. The Morgan fingerprint density at radius 1 is 0.625 bits per heavy atom. The van der Waals surface area contributed by atoms with E-state index in [-0.39, 0.29) is 17.1 Å². The highest BCUT2D eigenvalue weighted by Crippen LogP contribution is 2.65. The maximum Gasteiger partial charge on any atom is 0.197 e. The molecular weight excluding hydrogens is 621 g/mol. The molecule has 0 unspecified atom stereocenters. The molecule has 0 fully saturated rings. The van der Waals surface area contributed by atoms with Gasteiger partial charge in [-0.3, -0.25) is 9.59 Å². The van der Waals surface area contributed by atoms with Crippen LogP contribution in [0.4, 0.5) is 25.2 Å². The van der Waals surface area contributed by atoms with Gasteiger partial charge in [-0.2, -0.15) is 0 Å². The summed E-state index contributed by atoms with van der Waals surface area (Å²) in [5.41, 5.74) is 9.90. The summed E-state index contributed by atoms with van der Waals surface area (Å²) in [6.45, 7) is 6.10. The van der Waals surface area contributed by atoms with Crippen LogP contribution in [0.15, 0.2) is 109 Å². The van der Waals surface area contributed by atoms with E-state index in [2.05, 4.69) is 36.4 Å². The van der Waals surface area contributed by atoms with E-state index in [9.17, 15) is 9.59 Å². The van der Waals surface area contributed by atoms with E-state index in [0.29, 0.717) is 27.3 Å². The predicted octanol–water partition coefficient (Wildman–Crippen LogP) is 10.6. The minimum Gasteiger partial charge on any atom is -0.301 e. The molecule has 6 heteroatoms. The van der Waals surface area contributed by atoms with E-state index in [4.69, 9.17) is 0 Å². The average Bonchev–Trinajstić information content (AvgIpc) is 3.70. The van der Waals surface area contributed by atoms with Crippen molar-refractivity contribution < 1.29 is 18.4 Å². The number of thiophene rings is 1. The average molecular weight is 648 g/mol. The van der Waals surface area contributed by atoms with Crippen molar-refractivity contribution in [3.8, 4) is 11.1 Å². The van der Waals surface area contributed by atoms with Gasteiger partial charge in [0.15, 0.2) is 23.2 Å². The normalized spacial score (nSPS) is 14.9. The van der Waals surface area contributed by atoms with E-state index in [1.54, 1.807) is 30.3 Å². The molecule has 1 aliphatic heterocycles. The second-order valence-corrected chi connectivity index (χ2v) is 13.9. The molecule has 0 radical (unpaired) electrons. The van der Waals surface area contributed by atoms with Gasteiger partial charge in [0.25, 0.3) is 0 Å². The Labute approximate surface area is 280 Å². The van der Waals surface area contributed by atoms with Gasteiger partial charge in [0.2, 0.25) is 0 Å². The van der Waals surface area contributed by atoms with Crippen LogP contribution in [0.3, 0.4) is 0 Å². The zero-order valence-electron chi connectivity index (χ0n) is 26.3. The molecule has 1 aromatic heterocycles. The van der Waals surface area contributed by atoms with E-state index in [1.807, 2.05) is 56.0 Å². The number of aryl methyl sites for hydroxylation is 3. The van der Waals surface area contributed by atoms with Gasteiger partial charge in [-0.15, -0.1) is 11.3 Å². The summed E-state index contributed by atoms with van der Waals surface area (Å²) >= 11 is 1.44. The first-order chi connectivity index (χ1) is 23.2. The molecular formula is C42H27F2NO2S. The van der Waals surface area contributed by atoms with Gasteiger partial charge in [0.1, 0.15) is 5.00 Å². The second kappa shape index (κ2) is 10.0. The van der Waals surface area contributed by atoms with Gasteiger partial charge in [-0.05, 0) is 77.9 Å². The predicted molar refractivity (Wildman–Crippen MR) is 187 cm³/mol. The van der Waals surface area contributed by atoms with Crippen molar-refractivity contribution in [1.29, 1.82) is 0 Å². The van der Waals surface area contributed by atoms with E-state index >= 15 is 8.78 Å². The van der Waals surface area contributed by atoms with Crippen LogP contribution < -0.4 is 4.90 Å². The number of halogens is 2. The fourth-order valence-corrected chi connectivity index (χ4v) is 9.47. The van der Waals surface area contributed by atoms with Gasteiger partial charge in [0.05, 0.1) is 22.4 Å². The molecule has 5 aromatic carbocycles. The number of allylic oxidation sites excluding steroid dienone is 1. The number of fused-ring (bicyclic) bond motifs is 10. The van der Waals surface area contributed by atoms with Crippen molar-refractivity contribution in [3.05, 3.63) is 175 Å². The van der Waals surface area contributed by atoms with E-state index < -0.39 is 17.0 Å². The molecule has 2 aliphatic carbocycles. The lowest BCUT2D eigenvalue weighted by molar-refractivity contribution is 0.0990. The highest BCUT2D eigenvalue weighted by molar-refractivity contribution is 7.17. The van der Waals surface area contributed by atoms with Gasteiger partial charge in [-0.25, -0.2) is 8.78 Å². The Balaban J connectivity index is 1.41. The van der Waals surface area contributed by atoms with Crippen LogP contribution in [0.1, 0.15) is 64.5 Å². The Bertz CT molecular complexity index is 2360. The highest BCUT2D eigenvalue weighted by Gasteiger charge is 2.53. The number of carbonyl (C=O) groups is 2. The molecule has 0 amide bonds. The first kappa shape index (κ1) is 28.7. The first-order valence-corrected chi connectivity index (χ1v) is 16.6. The molecule has 0 saturated heterocycles. The highest BCUT2D eigenvalue weighted by atomic mass is 32.1. The molecule has 232 valence electrons. The smallest absolute Gasteiger partial charge is 0.197 e. The first-order valence-electron chi connectivity index (χ1n) is 15.8. The number of rotatable bonds is 2. The molecule has 9 rings (SSSR count). The van der Waals surface area contributed by atoms with E-state index in [1.165, 1.54) is 23.5 Å². The number of anilines is 3. The Hall–Kier alpha value is -5.46. The van der Waals surface area contributed by atoms with Crippen LogP contribution in [0.5, 0.6) is 0 Å². The minimum absolute atomic E-state index is 0.111. The van der Waals surface area contributed by atoms with Crippen molar-refractivity contribution in [1.82, 2.24) is 0 Å². The second-order valence-electron chi connectivity index (χ2n) is 12.8. The summed E-state index contributed by atoms with van der Waals surface area (Å²) in [6, 6.07) is 32.0. The van der Waals surface area contributed by atoms with Crippen LogP contribution in [-0.4, -0.2) is 11.6 Å². The molecule has 6 aromatic rings. The zero-order chi connectivity index (χ0) is 33.1. The third-order valence-corrected chi connectivity index (χ3v) is 11.1. The van der Waals surface area contributed by atoms with Crippen LogP contribution in [-0.2, 0) is 5.41 Å². The summed E-state index contributed by atoms with van der Waals surface area (Å²) in [6.07, 6.45) is 1.69. The number of carbonyl (C=O) groups excluding carboxylic acids is 2. The molecule has 2 heterocycles. The molecule has 3 aliphatic rings. The van der Waals surface area contributed by atoms with Gasteiger partial charge in [-0.1, -0.05) is 90.5 Å². The number of hydrogen-bond acceptors (Lipinski definition) is 4. The molecule has 0 saturated carbocycles. The molecule has 48 heavy (non-hydrogen) atoms. The van der Waals surface area contributed by atoms with Crippen LogP contribution in [0.2, 0.25) is 0 Å². The maximum atomic E-state index is 15.6. The fourth-order valence-electron chi connectivity index (χ4n) is 8.29. The summed E-state index contributed by atoms with van der Waals surface area (Å²) in [5.74, 6) is -2.46. The quantitative estimate of drug-likeness (QED) is 0.138. The fraction of sp³-hybridized carbons (Fsp3) is 0.0952. The summed E-state index contributed by atoms with van der Waals surface area (Å²) in [4.78, 5) is 29.8. The lowest BCUT2D eigenvalue weighted by Crippen LogP contribution is -2.36. The van der Waals surface area contributed by atoms with Crippen LogP contribution in [0.25, 0.3) is 17.2 Å². The van der Waals surface area contributed by atoms with Crippen molar-refractivity contribution in [3.63, 3.8) is 0 Å². The Morgan fingerprint density at radius 3 is 1.73 bits per heavy atom. The maximum absolute atomic E-state index is 15.6. The van der Waals surface area contributed by atoms with Crippen molar-refractivity contribution in [2.45, 2.75) is 26.2 Å². The topological polar surface area (TPSA) is 37.4 Å². The molecule has 0 atom stereocenters. The van der Waals surface area contributed by atoms with Gasteiger partial charge < -0.3 is 4.90 Å². The molecule has 0 N–H and O–H groups in total. The Morgan fingerprint density at radius 2 is 1.15 bits per heavy atom.